The zero-order valence-corrected chi connectivity index (χ0v) is 19.2. The van der Waals surface area contributed by atoms with Crippen molar-refractivity contribution in [2.75, 3.05) is 13.2 Å². The molecule has 0 unspecified atom stereocenters. The molecular weight excluding hydrogens is 447 g/mol. The fourth-order valence-electron chi connectivity index (χ4n) is 2.89. The van der Waals surface area contributed by atoms with E-state index in [1.807, 2.05) is 26.0 Å². The molecule has 0 saturated heterocycles. The molecule has 2 amide bonds. The van der Waals surface area contributed by atoms with E-state index in [9.17, 15) is 9.59 Å². The SMILES string of the molecule is CCCNC(=O)[C@H](CC)N(Cc1ccc(Cl)cc1)C(=O)COc1ccc(Cl)cc1Cl. The van der Waals surface area contributed by atoms with Gasteiger partial charge in [-0.3, -0.25) is 9.59 Å². The van der Waals surface area contributed by atoms with Crippen molar-refractivity contribution in [1.82, 2.24) is 10.2 Å². The highest BCUT2D eigenvalue weighted by Gasteiger charge is 2.28. The van der Waals surface area contributed by atoms with Gasteiger partial charge in [-0.05, 0) is 48.7 Å². The monoisotopic (exact) mass is 470 g/mol. The van der Waals surface area contributed by atoms with E-state index in [1.165, 1.54) is 4.90 Å². The molecule has 0 spiro atoms. The summed E-state index contributed by atoms with van der Waals surface area (Å²) in [5.74, 6) is -0.162. The molecule has 0 heterocycles. The van der Waals surface area contributed by atoms with Gasteiger partial charge in [-0.2, -0.15) is 0 Å². The second-order valence-corrected chi connectivity index (χ2v) is 8.01. The van der Waals surface area contributed by atoms with Crippen LogP contribution in [0.3, 0.4) is 0 Å². The Morgan fingerprint density at radius 1 is 1.03 bits per heavy atom. The number of nitrogens with one attached hydrogen (secondary N) is 1. The third-order valence-electron chi connectivity index (χ3n) is 4.45. The van der Waals surface area contributed by atoms with Crippen LogP contribution in [0.15, 0.2) is 42.5 Å². The van der Waals surface area contributed by atoms with Gasteiger partial charge in [0.2, 0.25) is 5.91 Å². The van der Waals surface area contributed by atoms with Gasteiger partial charge in [0, 0.05) is 23.1 Å². The van der Waals surface area contributed by atoms with Crippen molar-refractivity contribution in [3.05, 3.63) is 63.1 Å². The van der Waals surface area contributed by atoms with Crippen molar-refractivity contribution >= 4 is 46.6 Å². The van der Waals surface area contributed by atoms with Gasteiger partial charge in [0.05, 0.1) is 5.02 Å². The van der Waals surface area contributed by atoms with Crippen molar-refractivity contribution in [2.45, 2.75) is 39.3 Å². The first kappa shape index (κ1) is 24.3. The van der Waals surface area contributed by atoms with Gasteiger partial charge in [0.25, 0.3) is 5.91 Å². The Morgan fingerprint density at radius 2 is 1.70 bits per heavy atom. The molecule has 1 N–H and O–H groups in total. The number of halogens is 3. The number of carbonyl (C=O) groups excluding carboxylic acids is 2. The molecule has 2 rings (SSSR count). The Morgan fingerprint density at radius 3 is 2.30 bits per heavy atom. The fourth-order valence-corrected chi connectivity index (χ4v) is 3.48. The molecule has 0 aliphatic carbocycles. The topological polar surface area (TPSA) is 58.6 Å². The molecule has 0 saturated carbocycles. The van der Waals surface area contributed by atoms with Crippen LogP contribution in [0.4, 0.5) is 0 Å². The lowest BCUT2D eigenvalue weighted by atomic mass is 10.1. The number of carbonyl (C=O) groups is 2. The van der Waals surface area contributed by atoms with Gasteiger partial charge in [-0.1, -0.05) is 60.8 Å². The Hall–Kier alpha value is -1.95. The molecule has 162 valence electrons. The maximum Gasteiger partial charge on any atom is 0.261 e. The summed E-state index contributed by atoms with van der Waals surface area (Å²) in [5, 5.41) is 4.26. The van der Waals surface area contributed by atoms with E-state index in [-0.39, 0.29) is 25.0 Å². The first-order valence-electron chi connectivity index (χ1n) is 9.75. The molecule has 30 heavy (non-hydrogen) atoms. The predicted octanol–water partition coefficient (Wildman–Crippen LogP) is 5.36. The fraction of sp³-hybridized carbons (Fsp3) is 0.364. The van der Waals surface area contributed by atoms with E-state index in [4.69, 9.17) is 39.5 Å². The lowest BCUT2D eigenvalue weighted by Crippen LogP contribution is -2.50. The Labute approximate surface area is 192 Å². The van der Waals surface area contributed by atoms with Gasteiger partial charge in [-0.15, -0.1) is 0 Å². The molecule has 2 aromatic rings. The van der Waals surface area contributed by atoms with E-state index in [1.54, 1.807) is 30.3 Å². The maximum atomic E-state index is 13.1. The standard InChI is InChI=1S/C22H25Cl3N2O3/c1-3-11-26-22(29)19(4-2)27(13-15-5-7-16(23)8-6-15)21(28)14-30-20-10-9-17(24)12-18(20)25/h5-10,12,19H,3-4,11,13-14H2,1-2H3,(H,26,29)/t19-/m0/s1. The van der Waals surface area contributed by atoms with Gasteiger partial charge < -0.3 is 15.0 Å². The lowest BCUT2D eigenvalue weighted by Gasteiger charge is -2.30. The average Bonchev–Trinajstić information content (AvgIpc) is 2.72. The lowest BCUT2D eigenvalue weighted by molar-refractivity contribution is -0.143. The highest BCUT2D eigenvalue weighted by Crippen LogP contribution is 2.27. The van der Waals surface area contributed by atoms with Crippen molar-refractivity contribution < 1.29 is 14.3 Å². The highest BCUT2D eigenvalue weighted by molar-refractivity contribution is 6.35. The van der Waals surface area contributed by atoms with Gasteiger partial charge >= 0.3 is 0 Å². The van der Waals surface area contributed by atoms with E-state index in [0.29, 0.717) is 33.8 Å². The number of amides is 2. The van der Waals surface area contributed by atoms with Crippen LogP contribution >= 0.6 is 34.8 Å². The van der Waals surface area contributed by atoms with Crippen molar-refractivity contribution in [3.63, 3.8) is 0 Å². The van der Waals surface area contributed by atoms with Crippen LogP contribution in [0.25, 0.3) is 0 Å². The summed E-state index contributed by atoms with van der Waals surface area (Å²) >= 11 is 18.0. The van der Waals surface area contributed by atoms with Crippen LogP contribution in [0.2, 0.25) is 15.1 Å². The van der Waals surface area contributed by atoms with Gasteiger partial charge in [0.1, 0.15) is 11.8 Å². The second-order valence-electron chi connectivity index (χ2n) is 6.73. The summed E-state index contributed by atoms with van der Waals surface area (Å²) in [7, 11) is 0. The minimum Gasteiger partial charge on any atom is -0.482 e. The minimum absolute atomic E-state index is 0.189. The Kier molecular flexibility index (Phi) is 9.76. The summed E-state index contributed by atoms with van der Waals surface area (Å²) in [6, 6.07) is 11.3. The molecule has 0 radical (unpaired) electrons. The van der Waals surface area contributed by atoms with E-state index < -0.39 is 6.04 Å². The molecule has 1 atom stereocenters. The molecule has 2 aromatic carbocycles. The third-order valence-corrected chi connectivity index (χ3v) is 5.23. The molecule has 0 aromatic heterocycles. The van der Waals surface area contributed by atoms with Crippen LogP contribution in [0.5, 0.6) is 5.75 Å². The molecule has 0 bridgehead atoms. The zero-order chi connectivity index (χ0) is 22.1. The number of ether oxygens (including phenoxy) is 1. The Balaban J connectivity index is 2.20. The summed E-state index contributed by atoms with van der Waals surface area (Å²) in [4.78, 5) is 27.3. The van der Waals surface area contributed by atoms with Crippen LogP contribution in [0.1, 0.15) is 32.3 Å². The Bertz CT molecular complexity index is 859. The summed E-state index contributed by atoms with van der Waals surface area (Å²) in [6.07, 6.45) is 1.28. The largest absolute Gasteiger partial charge is 0.482 e. The number of hydrogen-bond donors (Lipinski definition) is 1. The van der Waals surface area contributed by atoms with E-state index >= 15 is 0 Å². The first-order valence-corrected chi connectivity index (χ1v) is 10.9. The van der Waals surface area contributed by atoms with Gasteiger partial charge in [0.15, 0.2) is 6.61 Å². The van der Waals surface area contributed by atoms with Crippen molar-refractivity contribution in [2.24, 2.45) is 0 Å². The van der Waals surface area contributed by atoms with E-state index in [2.05, 4.69) is 5.32 Å². The highest BCUT2D eigenvalue weighted by atomic mass is 35.5. The molecule has 0 aliphatic rings. The second kappa shape index (κ2) is 12.0. The van der Waals surface area contributed by atoms with Crippen molar-refractivity contribution in [3.8, 4) is 5.75 Å². The number of nitrogens with zero attached hydrogens (tertiary/aromatic N) is 1. The minimum atomic E-state index is -0.621. The third kappa shape index (κ3) is 7.08. The van der Waals surface area contributed by atoms with Gasteiger partial charge in [-0.25, -0.2) is 0 Å². The average molecular weight is 472 g/mol. The van der Waals surface area contributed by atoms with Crippen LogP contribution in [-0.2, 0) is 16.1 Å². The van der Waals surface area contributed by atoms with Crippen molar-refractivity contribution in [1.29, 1.82) is 0 Å². The number of rotatable bonds is 10. The quantitative estimate of drug-likeness (QED) is 0.507. The molecule has 0 aliphatic heterocycles. The first-order chi connectivity index (χ1) is 14.3. The molecular formula is C22H25Cl3N2O3. The smallest absolute Gasteiger partial charge is 0.261 e. The predicted molar refractivity (Wildman–Crippen MR) is 121 cm³/mol. The normalized spacial score (nSPS) is 11.6. The number of hydrogen-bond acceptors (Lipinski definition) is 3. The van der Waals surface area contributed by atoms with E-state index in [0.717, 1.165) is 12.0 Å². The molecule has 8 heteroatoms. The number of benzene rings is 2. The van der Waals surface area contributed by atoms with Crippen LogP contribution in [0, 0.1) is 0 Å². The molecule has 0 fully saturated rings. The summed E-state index contributed by atoms with van der Waals surface area (Å²) < 4.78 is 5.61. The summed E-state index contributed by atoms with van der Waals surface area (Å²) in [5.41, 5.74) is 0.860. The maximum absolute atomic E-state index is 13.1. The zero-order valence-electron chi connectivity index (χ0n) is 17.0. The van der Waals surface area contributed by atoms with Crippen LogP contribution < -0.4 is 10.1 Å². The van der Waals surface area contributed by atoms with Crippen LogP contribution in [-0.4, -0.2) is 35.9 Å². The summed E-state index contributed by atoms with van der Waals surface area (Å²) in [6.45, 7) is 4.39. The molecule has 5 nitrogen and oxygen atoms in total.